The van der Waals surface area contributed by atoms with E-state index in [-0.39, 0.29) is 18.3 Å². The van der Waals surface area contributed by atoms with Crippen LogP contribution < -0.4 is 10.1 Å². The molecule has 3 rings (SSSR count). The van der Waals surface area contributed by atoms with Gasteiger partial charge in [0.1, 0.15) is 33.9 Å². The Labute approximate surface area is 153 Å². The number of ether oxygens (including phenoxy) is 1. The van der Waals surface area contributed by atoms with Crippen LogP contribution in [0.2, 0.25) is 0 Å². The van der Waals surface area contributed by atoms with Gasteiger partial charge < -0.3 is 10.1 Å². The molecular formula is C19H16F2N2O2S. The molecule has 0 atom stereocenters. The highest BCUT2D eigenvalue weighted by Gasteiger charge is 2.17. The lowest BCUT2D eigenvalue weighted by molar-refractivity contribution is 0.102. The van der Waals surface area contributed by atoms with Gasteiger partial charge in [-0.3, -0.25) is 4.79 Å². The highest BCUT2D eigenvalue weighted by Crippen LogP contribution is 2.23. The van der Waals surface area contributed by atoms with Crippen molar-refractivity contribution >= 4 is 22.9 Å². The molecule has 0 bridgehead atoms. The van der Waals surface area contributed by atoms with Gasteiger partial charge in [0, 0.05) is 5.69 Å². The summed E-state index contributed by atoms with van der Waals surface area (Å²) in [4.78, 5) is 17.2. The lowest BCUT2D eigenvalue weighted by Crippen LogP contribution is -2.12. The van der Waals surface area contributed by atoms with Crippen molar-refractivity contribution in [3.05, 3.63) is 75.2 Å². The Morgan fingerprint density at radius 2 is 1.81 bits per heavy atom. The minimum atomic E-state index is -0.416. The molecule has 1 amide bonds. The van der Waals surface area contributed by atoms with E-state index in [1.54, 1.807) is 19.9 Å². The van der Waals surface area contributed by atoms with Gasteiger partial charge in [-0.05, 0) is 55.8 Å². The van der Waals surface area contributed by atoms with Crippen molar-refractivity contribution < 1.29 is 18.3 Å². The Morgan fingerprint density at radius 1 is 1.12 bits per heavy atom. The Morgan fingerprint density at radius 3 is 2.54 bits per heavy atom. The maximum atomic E-state index is 13.4. The molecule has 0 aliphatic carbocycles. The van der Waals surface area contributed by atoms with Crippen molar-refractivity contribution in [2.45, 2.75) is 20.5 Å². The zero-order valence-corrected chi connectivity index (χ0v) is 15.0. The first-order valence-electron chi connectivity index (χ1n) is 7.84. The van der Waals surface area contributed by atoms with Gasteiger partial charge in [0.15, 0.2) is 0 Å². The van der Waals surface area contributed by atoms with Gasteiger partial charge in [-0.25, -0.2) is 13.8 Å². The molecule has 7 heteroatoms. The Bertz CT molecular complexity index is 939. The average Bonchev–Trinajstić information content (AvgIpc) is 2.98. The fraction of sp³-hybridized carbons (Fsp3) is 0.158. The van der Waals surface area contributed by atoms with Crippen molar-refractivity contribution in [3.8, 4) is 5.75 Å². The number of aromatic nitrogens is 1. The molecule has 1 aromatic heterocycles. The zero-order valence-electron chi connectivity index (χ0n) is 14.2. The number of hydrogen-bond acceptors (Lipinski definition) is 4. The van der Waals surface area contributed by atoms with E-state index in [4.69, 9.17) is 4.74 Å². The lowest BCUT2D eigenvalue weighted by atomic mass is 10.2. The van der Waals surface area contributed by atoms with E-state index in [9.17, 15) is 13.6 Å². The summed E-state index contributed by atoms with van der Waals surface area (Å²) in [6.45, 7) is 3.69. The molecular weight excluding hydrogens is 358 g/mol. The third kappa shape index (κ3) is 4.23. The highest BCUT2D eigenvalue weighted by molar-refractivity contribution is 7.13. The number of halogens is 2. The number of nitrogens with zero attached hydrogens (tertiary/aromatic N) is 1. The summed E-state index contributed by atoms with van der Waals surface area (Å²) in [5.41, 5.74) is 1.76. The fourth-order valence-corrected chi connectivity index (χ4v) is 3.18. The maximum absolute atomic E-state index is 13.4. The number of aryl methyl sites for hydroxylation is 2. The standard InChI is InChI=1S/C19H16F2N2O2S/c1-11-3-4-14(21)9-16(11)23-19(24)18-12(2)22-17(26-18)10-25-15-7-5-13(20)6-8-15/h3-9H,10H2,1-2H3,(H,23,24). The van der Waals surface area contributed by atoms with E-state index in [2.05, 4.69) is 10.3 Å². The monoisotopic (exact) mass is 374 g/mol. The topological polar surface area (TPSA) is 51.2 Å². The largest absolute Gasteiger partial charge is 0.486 e. The van der Waals surface area contributed by atoms with Gasteiger partial charge in [-0.1, -0.05) is 6.07 Å². The van der Waals surface area contributed by atoms with Gasteiger partial charge in [-0.15, -0.1) is 11.3 Å². The SMILES string of the molecule is Cc1ccc(F)cc1NC(=O)c1sc(COc2ccc(F)cc2)nc1C. The average molecular weight is 374 g/mol. The predicted octanol–water partition coefficient (Wildman–Crippen LogP) is 4.87. The molecule has 0 aliphatic heterocycles. The number of benzene rings is 2. The first-order chi connectivity index (χ1) is 12.4. The number of anilines is 1. The summed E-state index contributed by atoms with van der Waals surface area (Å²) in [5, 5.41) is 3.33. The van der Waals surface area contributed by atoms with E-state index < -0.39 is 5.82 Å². The van der Waals surface area contributed by atoms with Gasteiger partial charge in [0.25, 0.3) is 5.91 Å². The van der Waals surface area contributed by atoms with Crippen LogP contribution in [0.5, 0.6) is 5.75 Å². The molecule has 26 heavy (non-hydrogen) atoms. The zero-order chi connectivity index (χ0) is 18.7. The molecule has 0 fully saturated rings. The van der Waals surface area contributed by atoms with Gasteiger partial charge in [0.2, 0.25) is 0 Å². The molecule has 4 nitrogen and oxygen atoms in total. The highest BCUT2D eigenvalue weighted by atomic mass is 32.1. The van der Waals surface area contributed by atoms with Crippen LogP contribution in [0.1, 0.15) is 25.9 Å². The van der Waals surface area contributed by atoms with Crippen molar-refractivity contribution in [2.75, 3.05) is 5.32 Å². The molecule has 0 spiro atoms. The first kappa shape index (κ1) is 18.0. The number of rotatable bonds is 5. The molecule has 0 unspecified atom stereocenters. The summed E-state index contributed by atoms with van der Waals surface area (Å²) in [6.07, 6.45) is 0. The van der Waals surface area contributed by atoms with Crippen LogP contribution in [0, 0.1) is 25.5 Å². The van der Waals surface area contributed by atoms with Crippen LogP contribution in [-0.2, 0) is 6.61 Å². The fourth-order valence-electron chi connectivity index (χ4n) is 2.31. The summed E-state index contributed by atoms with van der Waals surface area (Å²) in [6, 6.07) is 9.89. The number of amides is 1. The third-order valence-corrected chi connectivity index (χ3v) is 4.80. The molecule has 0 aliphatic rings. The molecule has 0 saturated heterocycles. The van der Waals surface area contributed by atoms with E-state index >= 15 is 0 Å². The second-order valence-corrected chi connectivity index (χ2v) is 6.76. The van der Waals surface area contributed by atoms with E-state index in [1.165, 1.54) is 47.7 Å². The van der Waals surface area contributed by atoms with Crippen LogP contribution in [0.4, 0.5) is 14.5 Å². The predicted molar refractivity (Wildman–Crippen MR) is 96.7 cm³/mol. The molecule has 0 radical (unpaired) electrons. The third-order valence-electron chi connectivity index (χ3n) is 3.67. The summed E-state index contributed by atoms with van der Waals surface area (Å²) >= 11 is 1.20. The minimum absolute atomic E-state index is 0.170. The molecule has 1 heterocycles. The van der Waals surface area contributed by atoms with Crippen molar-refractivity contribution in [1.29, 1.82) is 0 Å². The first-order valence-corrected chi connectivity index (χ1v) is 8.66. The van der Waals surface area contributed by atoms with Gasteiger partial charge in [0.05, 0.1) is 5.69 Å². The normalized spacial score (nSPS) is 10.6. The Hall–Kier alpha value is -2.80. The van der Waals surface area contributed by atoms with Crippen molar-refractivity contribution in [3.63, 3.8) is 0 Å². The summed E-state index contributed by atoms with van der Waals surface area (Å²) in [7, 11) is 0. The van der Waals surface area contributed by atoms with E-state index in [1.807, 2.05) is 0 Å². The Balaban J connectivity index is 1.69. The van der Waals surface area contributed by atoms with Gasteiger partial charge in [-0.2, -0.15) is 0 Å². The molecule has 0 saturated carbocycles. The van der Waals surface area contributed by atoms with Crippen LogP contribution in [0.15, 0.2) is 42.5 Å². The van der Waals surface area contributed by atoms with Crippen LogP contribution >= 0.6 is 11.3 Å². The smallest absolute Gasteiger partial charge is 0.267 e. The molecule has 3 aromatic rings. The van der Waals surface area contributed by atoms with Crippen molar-refractivity contribution in [2.24, 2.45) is 0 Å². The number of carbonyl (C=O) groups is 1. The number of nitrogens with one attached hydrogen (secondary N) is 1. The van der Waals surface area contributed by atoms with E-state index in [0.717, 1.165) is 5.56 Å². The second-order valence-electron chi connectivity index (χ2n) is 5.68. The molecule has 1 N–H and O–H groups in total. The van der Waals surface area contributed by atoms with E-state index in [0.29, 0.717) is 27.0 Å². The van der Waals surface area contributed by atoms with Crippen molar-refractivity contribution in [1.82, 2.24) is 4.98 Å². The Kier molecular flexibility index (Phi) is 5.27. The van der Waals surface area contributed by atoms with Gasteiger partial charge >= 0.3 is 0 Å². The number of carbonyl (C=O) groups excluding carboxylic acids is 1. The number of thiazole rings is 1. The van der Waals surface area contributed by atoms with Crippen LogP contribution in [-0.4, -0.2) is 10.9 Å². The quantitative estimate of drug-likeness (QED) is 0.693. The van der Waals surface area contributed by atoms with Crippen LogP contribution in [0.25, 0.3) is 0 Å². The summed E-state index contributed by atoms with van der Waals surface area (Å²) < 4.78 is 31.8. The second kappa shape index (κ2) is 7.61. The summed E-state index contributed by atoms with van der Waals surface area (Å²) in [5.74, 6) is -0.586. The minimum Gasteiger partial charge on any atom is -0.486 e. The lowest BCUT2D eigenvalue weighted by Gasteiger charge is -2.07. The number of hydrogen-bond donors (Lipinski definition) is 1. The molecule has 134 valence electrons. The molecule has 2 aromatic carbocycles. The maximum Gasteiger partial charge on any atom is 0.267 e. The van der Waals surface area contributed by atoms with Crippen LogP contribution in [0.3, 0.4) is 0 Å².